The average Bonchev–Trinajstić information content (AvgIpc) is 2.47. The summed E-state index contributed by atoms with van der Waals surface area (Å²) in [5, 5.41) is 3.28. The zero-order chi connectivity index (χ0) is 13.5. The number of ether oxygens (including phenoxy) is 1. The highest BCUT2D eigenvalue weighted by Gasteiger charge is 2.02. The molecule has 0 aliphatic carbocycles. The lowest BCUT2D eigenvalue weighted by atomic mass is 10.2. The summed E-state index contributed by atoms with van der Waals surface area (Å²) < 4.78 is 5.72. The van der Waals surface area contributed by atoms with Crippen LogP contribution in [0.5, 0.6) is 11.5 Å². The molecule has 0 bridgehead atoms. The molecule has 2 aromatic carbocycles. The van der Waals surface area contributed by atoms with Crippen LogP contribution in [0.3, 0.4) is 0 Å². The van der Waals surface area contributed by atoms with Crippen LogP contribution in [0.15, 0.2) is 54.6 Å². The summed E-state index contributed by atoms with van der Waals surface area (Å²) in [6.45, 7) is 2.06. The third-order valence-corrected chi connectivity index (χ3v) is 2.78. The van der Waals surface area contributed by atoms with Crippen LogP contribution < -0.4 is 10.1 Å². The van der Waals surface area contributed by atoms with Crippen LogP contribution in [-0.2, 0) is 0 Å². The van der Waals surface area contributed by atoms with Gasteiger partial charge in [-0.3, -0.25) is 0 Å². The summed E-state index contributed by atoms with van der Waals surface area (Å²) in [6, 6.07) is 17.6. The second-order valence-corrected chi connectivity index (χ2v) is 4.21. The van der Waals surface area contributed by atoms with Crippen molar-refractivity contribution in [2.45, 2.75) is 19.4 Å². The predicted molar refractivity (Wildman–Crippen MR) is 79.5 cm³/mol. The second kappa shape index (κ2) is 6.51. The molecule has 2 aromatic rings. The number of hydrogen-bond donors (Lipinski definition) is 1. The lowest BCUT2D eigenvalue weighted by Crippen LogP contribution is -2.15. The van der Waals surface area contributed by atoms with Gasteiger partial charge in [0.05, 0.1) is 6.04 Å². The van der Waals surface area contributed by atoms with E-state index in [0.717, 1.165) is 23.6 Å². The monoisotopic (exact) mass is 251 g/mol. The third kappa shape index (κ3) is 3.79. The molecule has 96 valence electrons. The Morgan fingerprint density at radius 3 is 2.26 bits per heavy atom. The Balaban J connectivity index is 2.01. The molecule has 0 aliphatic rings. The Hall–Kier alpha value is -2.40. The van der Waals surface area contributed by atoms with Gasteiger partial charge in [0.25, 0.3) is 0 Å². The fraction of sp³-hybridized carbons (Fsp3) is 0.176. The Bertz CT molecular complexity index is 540. The first-order valence-corrected chi connectivity index (χ1v) is 6.37. The molecular formula is C17H17NO. The minimum Gasteiger partial charge on any atom is -0.457 e. The first-order valence-electron chi connectivity index (χ1n) is 6.37. The van der Waals surface area contributed by atoms with Crippen LogP contribution in [0.2, 0.25) is 0 Å². The van der Waals surface area contributed by atoms with Gasteiger partial charge >= 0.3 is 0 Å². The first-order chi connectivity index (χ1) is 9.31. The van der Waals surface area contributed by atoms with Crippen molar-refractivity contribution in [1.29, 1.82) is 0 Å². The summed E-state index contributed by atoms with van der Waals surface area (Å²) >= 11 is 0. The molecule has 0 amide bonds. The van der Waals surface area contributed by atoms with E-state index in [0.29, 0.717) is 0 Å². The maximum absolute atomic E-state index is 5.72. The van der Waals surface area contributed by atoms with Gasteiger partial charge in [0, 0.05) is 5.69 Å². The van der Waals surface area contributed by atoms with Crippen LogP contribution in [0.25, 0.3) is 0 Å². The summed E-state index contributed by atoms with van der Waals surface area (Å²) in [4.78, 5) is 0. The maximum atomic E-state index is 5.72. The average molecular weight is 251 g/mol. The van der Waals surface area contributed by atoms with Crippen LogP contribution >= 0.6 is 0 Å². The SMILES string of the molecule is C#CC(CC)Nc1ccc(Oc2ccccc2)cc1. The molecule has 2 nitrogen and oxygen atoms in total. The number of hydrogen-bond acceptors (Lipinski definition) is 2. The van der Waals surface area contributed by atoms with E-state index < -0.39 is 0 Å². The van der Waals surface area contributed by atoms with Gasteiger partial charge < -0.3 is 10.1 Å². The van der Waals surface area contributed by atoms with E-state index in [1.807, 2.05) is 54.6 Å². The lowest BCUT2D eigenvalue weighted by molar-refractivity contribution is 0.483. The topological polar surface area (TPSA) is 21.3 Å². The predicted octanol–water partition coefficient (Wildman–Crippen LogP) is 4.30. The maximum Gasteiger partial charge on any atom is 0.127 e. The molecule has 0 fully saturated rings. The van der Waals surface area contributed by atoms with E-state index >= 15 is 0 Å². The number of benzene rings is 2. The molecule has 0 saturated carbocycles. The molecule has 1 N–H and O–H groups in total. The van der Waals surface area contributed by atoms with E-state index in [2.05, 4.69) is 18.2 Å². The second-order valence-electron chi connectivity index (χ2n) is 4.21. The van der Waals surface area contributed by atoms with E-state index in [1.54, 1.807) is 0 Å². The molecule has 0 aliphatic heterocycles. The van der Waals surface area contributed by atoms with E-state index in [9.17, 15) is 0 Å². The van der Waals surface area contributed by atoms with Gasteiger partial charge in [0.2, 0.25) is 0 Å². The zero-order valence-corrected chi connectivity index (χ0v) is 11.0. The number of rotatable bonds is 5. The fourth-order valence-corrected chi connectivity index (χ4v) is 1.71. The number of nitrogens with one attached hydrogen (secondary N) is 1. The van der Waals surface area contributed by atoms with Crippen LogP contribution in [0, 0.1) is 12.3 Å². The molecule has 0 radical (unpaired) electrons. The molecule has 1 unspecified atom stereocenters. The standard InChI is InChI=1S/C17H17NO/c1-3-14(4-2)18-15-10-12-17(13-11-15)19-16-8-6-5-7-9-16/h1,5-14,18H,4H2,2H3. The Morgan fingerprint density at radius 2 is 1.68 bits per heavy atom. The van der Waals surface area contributed by atoms with Crippen molar-refractivity contribution in [3.05, 3.63) is 54.6 Å². The summed E-state index contributed by atoms with van der Waals surface area (Å²) in [7, 11) is 0. The summed E-state index contributed by atoms with van der Waals surface area (Å²) in [5.41, 5.74) is 1.00. The van der Waals surface area contributed by atoms with Gasteiger partial charge in [-0.2, -0.15) is 0 Å². The largest absolute Gasteiger partial charge is 0.457 e. The van der Waals surface area contributed by atoms with E-state index in [4.69, 9.17) is 11.2 Å². The van der Waals surface area contributed by atoms with E-state index in [-0.39, 0.29) is 6.04 Å². The fourth-order valence-electron chi connectivity index (χ4n) is 1.71. The van der Waals surface area contributed by atoms with Gasteiger partial charge in [0.15, 0.2) is 0 Å². The molecule has 0 aromatic heterocycles. The molecular weight excluding hydrogens is 234 g/mol. The van der Waals surface area contributed by atoms with E-state index in [1.165, 1.54) is 0 Å². The minimum atomic E-state index is 0.0703. The third-order valence-electron chi connectivity index (χ3n) is 2.78. The van der Waals surface area contributed by atoms with Crippen molar-refractivity contribution in [1.82, 2.24) is 0 Å². The van der Waals surface area contributed by atoms with Crippen molar-refractivity contribution in [3.63, 3.8) is 0 Å². The smallest absolute Gasteiger partial charge is 0.127 e. The number of para-hydroxylation sites is 1. The highest BCUT2D eigenvalue weighted by atomic mass is 16.5. The molecule has 19 heavy (non-hydrogen) atoms. The molecule has 2 rings (SSSR count). The van der Waals surface area contributed by atoms with Crippen molar-refractivity contribution < 1.29 is 4.74 Å². The highest BCUT2D eigenvalue weighted by molar-refractivity contribution is 5.49. The Kier molecular flexibility index (Phi) is 4.47. The first kappa shape index (κ1) is 13.0. The quantitative estimate of drug-likeness (QED) is 0.800. The molecule has 0 saturated heterocycles. The van der Waals surface area contributed by atoms with Gasteiger partial charge in [-0.15, -0.1) is 6.42 Å². The molecule has 1 atom stereocenters. The van der Waals surface area contributed by atoms with Crippen LogP contribution in [-0.4, -0.2) is 6.04 Å². The van der Waals surface area contributed by atoms with Crippen molar-refractivity contribution in [2.24, 2.45) is 0 Å². The van der Waals surface area contributed by atoms with Gasteiger partial charge in [-0.05, 0) is 42.8 Å². The molecule has 0 heterocycles. The highest BCUT2D eigenvalue weighted by Crippen LogP contribution is 2.22. The van der Waals surface area contributed by atoms with Gasteiger partial charge in [-0.25, -0.2) is 0 Å². The molecule has 2 heteroatoms. The zero-order valence-electron chi connectivity index (χ0n) is 11.0. The molecule has 0 spiro atoms. The van der Waals surface area contributed by atoms with Crippen molar-refractivity contribution >= 4 is 5.69 Å². The Labute approximate surface area is 114 Å². The van der Waals surface area contributed by atoms with Gasteiger partial charge in [-0.1, -0.05) is 31.0 Å². The van der Waals surface area contributed by atoms with Gasteiger partial charge in [0.1, 0.15) is 11.5 Å². The van der Waals surface area contributed by atoms with Crippen LogP contribution in [0.1, 0.15) is 13.3 Å². The van der Waals surface area contributed by atoms with Crippen LogP contribution in [0.4, 0.5) is 5.69 Å². The minimum absolute atomic E-state index is 0.0703. The summed E-state index contributed by atoms with van der Waals surface area (Å²) in [6.07, 6.45) is 6.33. The van der Waals surface area contributed by atoms with Crippen molar-refractivity contribution in [2.75, 3.05) is 5.32 Å². The normalized spacial score (nSPS) is 11.4. The lowest BCUT2D eigenvalue weighted by Gasteiger charge is -2.12. The number of terminal acetylenes is 1. The van der Waals surface area contributed by atoms with Crippen molar-refractivity contribution in [3.8, 4) is 23.8 Å². The Morgan fingerprint density at radius 1 is 1.05 bits per heavy atom. The summed E-state index contributed by atoms with van der Waals surface area (Å²) in [5.74, 6) is 4.35. The number of anilines is 1.